The Hall–Kier alpha value is -0.550. The Labute approximate surface area is 117 Å². The Morgan fingerprint density at radius 3 is 2.71 bits per heavy atom. The molecule has 5 heteroatoms. The van der Waals surface area contributed by atoms with Crippen molar-refractivity contribution in [2.75, 3.05) is 7.11 Å². The molecule has 2 N–H and O–H groups in total. The van der Waals surface area contributed by atoms with Crippen LogP contribution in [0.3, 0.4) is 0 Å². The molecular formula is C12H11BrClNOS. The van der Waals surface area contributed by atoms with Gasteiger partial charge in [0.1, 0.15) is 5.75 Å². The number of thiophene rings is 1. The molecule has 1 heterocycles. The van der Waals surface area contributed by atoms with Gasteiger partial charge in [-0.1, -0.05) is 33.6 Å². The third-order valence-corrected chi connectivity index (χ3v) is 4.60. The number of hydrogen-bond donors (Lipinski definition) is 1. The van der Waals surface area contributed by atoms with Crippen LogP contribution >= 0.6 is 38.9 Å². The molecule has 0 spiro atoms. The summed E-state index contributed by atoms with van der Waals surface area (Å²) in [7, 11) is 1.64. The van der Waals surface area contributed by atoms with Crippen molar-refractivity contribution in [1.82, 2.24) is 0 Å². The van der Waals surface area contributed by atoms with Gasteiger partial charge in [0, 0.05) is 9.35 Å². The van der Waals surface area contributed by atoms with E-state index in [-0.39, 0.29) is 6.04 Å². The van der Waals surface area contributed by atoms with Gasteiger partial charge in [-0.25, -0.2) is 0 Å². The predicted octanol–water partition coefficient (Wildman–Crippen LogP) is 4.22. The molecule has 2 nitrogen and oxygen atoms in total. The van der Waals surface area contributed by atoms with Gasteiger partial charge in [-0.15, -0.1) is 11.3 Å². The summed E-state index contributed by atoms with van der Waals surface area (Å²) < 4.78 is 6.07. The van der Waals surface area contributed by atoms with Crippen molar-refractivity contribution in [1.29, 1.82) is 0 Å². The summed E-state index contributed by atoms with van der Waals surface area (Å²) in [4.78, 5) is 0.970. The number of hydrogen-bond acceptors (Lipinski definition) is 3. The van der Waals surface area contributed by atoms with Crippen LogP contribution in [0.1, 0.15) is 16.5 Å². The Balaban J connectivity index is 2.38. The van der Waals surface area contributed by atoms with Crippen molar-refractivity contribution in [3.63, 3.8) is 0 Å². The number of nitrogens with two attached hydrogens (primary N) is 1. The quantitative estimate of drug-likeness (QED) is 0.913. The van der Waals surface area contributed by atoms with E-state index in [1.807, 2.05) is 29.6 Å². The SMILES string of the molecule is COc1ccc(C(N)c2sccc2Cl)c(Br)c1. The van der Waals surface area contributed by atoms with Crippen LogP contribution in [-0.2, 0) is 0 Å². The maximum Gasteiger partial charge on any atom is 0.120 e. The summed E-state index contributed by atoms with van der Waals surface area (Å²) in [5.41, 5.74) is 7.20. The standard InChI is InChI=1S/C12H11BrClNOS/c1-16-7-2-3-8(9(13)6-7)11(15)12-10(14)4-5-17-12/h2-6,11H,15H2,1H3. The smallest absolute Gasteiger partial charge is 0.120 e. The zero-order valence-corrected chi connectivity index (χ0v) is 12.3. The van der Waals surface area contributed by atoms with Crippen molar-refractivity contribution >= 4 is 38.9 Å². The van der Waals surface area contributed by atoms with Crippen molar-refractivity contribution in [2.24, 2.45) is 5.73 Å². The maximum atomic E-state index is 6.21. The van der Waals surface area contributed by atoms with E-state index < -0.39 is 0 Å². The van der Waals surface area contributed by atoms with E-state index in [0.29, 0.717) is 5.02 Å². The number of halogens is 2. The molecule has 1 atom stereocenters. The molecule has 0 amide bonds. The first-order valence-electron chi connectivity index (χ1n) is 4.95. The van der Waals surface area contributed by atoms with Gasteiger partial charge in [-0.3, -0.25) is 0 Å². The van der Waals surface area contributed by atoms with E-state index in [4.69, 9.17) is 22.1 Å². The summed E-state index contributed by atoms with van der Waals surface area (Å²) in [6.45, 7) is 0. The molecule has 17 heavy (non-hydrogen) atoms. The molecule has 0 aliphatic heterocycles. The molecular weight excluding hydrogens is 322 g/mol. The largest absolute Gasteiger partial charge is 0.497 e. The Morgan fingerprint density at radius 1 is 1.41 bits per heavy atom. The van der Waals surface area contributed by atoms with Crippen LogP contribution in [-0.4, -0.2) is 7.11 Å². The monoisotopic (exact) mass is 331 g/mol. The highest BCUT2D eigenvalue weighted by Gasteiger charge is 2.16. The average molecular weight is 333 g/mol. The predicted molar refractivity (Wildman–Crippen MR) is 76.1 cm³/mol. The molecule has 1 unspecified atom stereocenters. The van der Waals surface area contributed by atoms with Crippen molar-refractivity contribution < 1.29 is 4.74 Å². The number of methoxy groups -OCH3 is 1. The van der Waals surface area contributed by atoms with Crippen molar-refractivity contribution in [2.45, 2.75) is 6.04 Å². The first kappa shape index (κ1) is 12.9. The normalized spacial score (nSPS) is 12.5. The highest BCUT2D eigenvalue weighted by molar-refractivity contribution is 9.10. The van der Waals surface area contributed by atoms with Crippen LogP contribution in [0.5, 0.6) is 5.75 Å². The molecule has 2 rings (SSSR count). The summed E-state index contributed by atoms with van der Waals surface area (Å²) in [6, 6.07) is 7.38. The van der Waals surface area contributed by atoms with Crippen LogP contribution in [0, 0.1) is 0 Å². The van der Waals surface area contributed by atoms with E-state index in [9.17, 15) is 0 Å². The van der Waals surface area contributed by atoms with E-state index in [0.717, 1.165) is 20.7 Å². The summed E-state index contributed by atoms with van der Waals surface area (Å²) in [5, 5.41) is 2.65. The minimum atomic E-state index is -0.220. The molecule has 2 aromatic rings. The second-order valence-electron chi connectivity index (χ2n) is 3.50. The molecule has 1 aromatic heterocycles. The lowest BCUT2D eigenvalue weighted by Gasteiger charge is -2.14. The minimum absolute atomic E-state index is 0.220. The van der Waals surface area contributed by atoms with Gasteiger partial charge in [0.15, 0.2) is 0 Å². The fraction of sp³-hybridized carbons (Fsp3) is 0.167. The Bertz CT molecular complexity index is 529. The van der Waals surface area contributed by atoms with Crippen LogP contribution in [0.2, 0.25) is 5.02 Å². The zero-order valence-electron chi connectivity index (χ0n) is 9.11. The molecule has 0 radical (unpaired) electrons. The summed E-state index contributed by atoms with van der Waals surface area (Å²) in [5.74, 6) is 0.796. The van der Waals surface area contributed by atoms with E-state index in [2.05, 4.69) is 15.9 Å². The lowest BCUT2D eigenvalue weighted by atomic mass is 10.1. The lowest BCUT2D eigenvalue weighted by Crippen LogP contribution is -2.11. The third kappa shape index (κ3) is 2.65. The third-order valence-electron chi connectivity index (χ3n) is 2.47. The molecule has 0 saturated heterocycles. The first-order chi connectivity index (χ1) is 8.13. The number of ether oxygens (including phenoxy) is 1. The van der Waals surface area contributed by atoms with Gasteiger partial charge in [0.05, 0.1) is 18.2 Å². The van der Waals surface area contributed by atoms with Gasteiger partial charge in [0.25, 0.3) is 0 Å². The minimum Gasteiger partial charge on any atom is -0.497 e. The van der Waals surface area contributed by atoms with Crippen LogP contribution in [0.15, 0.2) is 34.1 Å². The van der Waals surface area contributed by atoms with E-state index in [1.165, 1.54) is 0 Å². The molecule has 1 aromatic carbocycles. The fourth-order valence-corrected chi connectivity index (χ4v) is 3.35. The van der Waals surface area contributed by atoms with Gasteiger partial charge in [0.2, 0.25) is 0 Å². The van der Waals surface area contributed by atoms with Crippen LogP contribution < -0.4 is 10.5 Å². The molecule has 0 bridgehead atoms. The second kappa shape index (κ2) is 5.40. The van der Waals surface area contributed by atoms with Crippen LogP contribution in [0.25, 0.3) is 0 Å². The topological polar surface area (TPSA) is 35.2 Å². The molecule has 0 aliphatic carbocycles. The molecule has 0 saturated carbocycles. The van der Waals surface area contributed by atoms with Gasteiger partial charge in [-0.2, -0.15) is 0 Å². The highest BCUT2D eigenvalue weighted by Crippen LogP contribution is 2.35. The zero-order chi connectivity index (χ0) is 12.4. The molecule has 90 valence electrons. The average Bonchev–Trinajstić information content (AvgIpc) is 2.74. The van der Waals surface area contributed by atoms with Gasteiger partial charge < -0.3 is 10.5 Å². The van der Waals surface area contributed by atoms with E-state index >= 15 is 0 Å². The fourth-order valence-electron chi connectivity index (χ4n) is 1.56. The molecule has 0 fully saturated rings. The lowest BCUT2D eigenvalue weighted by molar-refractivity contribution is 0.414. The van der Waals surface area contributed by atoms with Crippen molar-refractivity contribution in [3.8, 4) is 5.75 Å². The summed E-state index contributed by atoms with van der Waals surface area (Å²) in [6.07, 6.45) is 0. The van der Waals surface area contributed by atoms with Crippen LogP contribution in [0.4, 0.5) is 0 Å². The maximum absolute atomic E-state index is 6.21. The number of benzene rings is 1. The first-order valence-corrected chi connectivity index (χ1v) is 7.00. The Morgan fingerprint density at radius 2 is 2.18 bits per heavy atom. The summed E-state index contributed by atoms with van der Waals surface area (Å²) >= 11 is 11.1. The van der Waals surface area contributed by atoms with Crippen molar-refractivity contribution in [3.05, 3.63) is 49.6 Å². The molecule has 0 aliphatic rings. The highest BCUT2D eigenvalue weighted by atomic mass is 79.9. The van der Waals surface area contributed by atoms with Gasteiger partial charge in [-0.05, 0) is 29.1 Å². The number of rotatable bonds is 3. The van der Waals surface area contributed by atoms with E-state index in [1.54, 1.807) is 18.4 Å². The van der Waals surface area contributed by atoms with Gasteiger partial charge >= 0.3 is 0 Å². The Kier molecular flexibility index (Phi) is 4.09. The second-order valence-corrected chi connectivity index (χ2v) is 5.71.